The molecule has 1 saturated heterocycles. The van der Waals surface area contributed by atoms with Gasteiger partial charge in [-0.2, -0.15) is 0 Å². The quantitative estimate of drug-likeness (QED) is 0.0359. The predicted octanol–water partition coefficient (Wildman–Crippen LogP) is 15.1. The Morgan fingerprint density at radius 1 is 0.600 bits per heavy atom. The number of esters is 3. The Balaban J connectivity index is 2.48. The fourth-order valence-electron chi connectivity index (χ4n) is 10.2. The van der Waals surface area contributed by atoms with E-state index in [2.05, 4.69) is 32.6 Å². The van der Waals surface area contributed by atoms with Gasteiger partial charge in [-0.15, -0.1) is 0 Å². The average molecular weight is 994 g/mol. The van der Waals surface area contributed by atoms with Gasteiger partial charge in [-0.05, 0) is 97.6 Å². The number of aliphatic hydroxyl groups is 1. The lowest BCUT2D eigenvalue weighted by molar-refractivity contribution is -0.154. The Labute approximate surface area is 433 Å². The number of hydrogen-bond acceptors (Lipinski definition) is 10. The van der Waals surface area contributed by atoms with Gasteiger partial charge in [0.25, 0.3) is 0 Å². The van der Waals surface area contributed by atoms with Gasteiger partial charge in [0.1, 0.15) is 12.2 Å². The molecule has 0 bridgehead atoms. The molecule has 0 amide bonds. The second kappa shape index (κ2) is 45.8. The molecule has 1 N–H and O–H groups in total. The van der Waals surface area contributed by atoms with Crippen LogP contribution in [-0.2, 0) is 33.3 Å². The van der Waals surface area contributed by atoms with Crippen LogP contribution in [0.2, 0.25) is 0 Å². The first-order chi connectivity index (χ1) is 34.0. The van der Waals surface area contributed by atoms with Crippen LogP contribution in [0.15, 0.2) is 0 Å². The summed E-state index contributed by atoms with van der Waals surface area (Å²) in [5.74, 6) is 0.518. The smallest absolute Gasteiger partial charge is 0.311 e. The zero-order chi connectivity index (χ0) is 51.3. The Bertz CT molecular complexity index is 1190. The lowest BCUT2D eigenvalue weighted by atomic mass is 9.87. The number of hydrogen-bond donors (Lipinski definition) is 1. The molecule has 1 aliphatic rings. The van der Waals surface area contributed by atoms with Crippen molar-refractivity contribution < 1.29 is 38.4 Å². The molecular weight excluding hydrogens is 877 g/mol. The number of aliphatic hydroxyl groups excluding tert-OH is 1. The maximum atomic E-state index is 13.1. The summed E-state index contributed by atoms with van der Waals surface area (Å²) >= 11 is 0. The second-order valence-electron chi connectivity index (χ2n) is 22.3. The van der Waals surface area contributed by atoms with E-state index in [4.69, 9.17) is 18.9 Å². The summed E-state index contributed by atoms with van der Waals surface area (Å²) in [6.45, 7) is 17.9. The first-order valence-corrected chi connectivity index (χ1v) is 30.2. The van der Waals surface area contributed by atoms with E-state index >= 15 is 0 Å². The molecule has 414 valence electrons. The molecule has 2 atom stereocenters. The second-order valence-corrected chi connectivity index (χ2v) is 22.3. The highest BCUT2D eigenvalue weighted by atomic mass is 16.6. The molecule has 10 heteroatoms. The Hall–Kier alpha value is -1.75. The van der Waals surface area contributed by atoms with Crippen molar-refractivity contribution in [3.63, 3.8) is 0 Å². The fourth-order valence-corrected chi connectivity index (χ4v) is 10.2. The number of likely N-dealkylation sites (N-methyl/N-ethyl adjacent to an activating group) is 1. The monoisotopic (exact) mass is 993 g/mol. The van der Waals surface area contributed by atoms with E-state index in [0.717, 1.165) is 122 Å². The standard InChI is InChI=1S/C60H116N2O8/c1-8-12-16-18-21-29-39-55(40-30-22-19-17-13-9-2)69-57(64)41-31-23-20-26-34-48-67-52-54-50-56(70-58(65)42-45-61(7)46-47-63)51-62(54)44-33-25-24-32-43-60(5,6)59(66)68-49-35-38-53(36-27-14-10-3)37-28-15-11-4/h53-56,63H,8-52H2,1-7H3/t54?,56-/m0/s1. The van der Waals surface area contributed by atoms with Gasteiger partial charge in [0.05, 0.1) is 31.7 Å². The van der Waals surface area contributed by atoms with Gasteiger partial charge in [-0.25, -0.2) is 0 Å². The van der Waals surface area contributed by atoms with E-state index in [-0.39, 0.29) is 42.8 Å². The van der Waals surface area contributed by atoms with Crippen LogP contribution in [0.25, 0.3) is 0 Å². The third kappa shape index (κ3) is 37.1. The van der Waals surface area contributed by atoms with Crippen molar-refractivity contribution in [3.05, 3.63) is 0 Å². The lowest BCUT2D eigenvalue weighted by Gasteiger charge is -2.24. The maximum absolute atomic E-state index is 13.1. The van der Waals surface area contributed by atoms with Crippen LogP contribution in [0.5, 0.6) is 0 Å². The van der Waals surface area contributed by atoms with Gasteiger partial charge in [-0.1, -0.05) is 182 Å². The Morgan fingerprint density at radius 3 is 1.76 bits per heavy atom. The van der Waals surface area contributed by atoms with Gasteiger partial charge in [0.2, 0.25) is 0 Å². The molecule has 0 aliphatic carbocycles. The van der Waals surface area contributed by atoms with Crippen LogP contribution < -0.4 is 0 Å². The summed E-state index contributed by atoms with van der Waals surface area (Å²) in [5, 5.41) is 9.23. The predicted molar refractivity (Wildman–Crippen MR) is 292 cm³/mol. The largest absolute Gasteiger partial charge is 0.465 e. The number of carbonyl (C=O) groups is 3. The minimum absolute atomic E-state index is 0.00888. The zero-order valence-corrected chi connectivity index (χ0v) is 47.3. The van der Waals surface area contributed by atoms with E-state index in [1.165, 1.54) is 122 Å². The van der Waals surface area contributed by atoms with E-state index in [9.17, 15) is 19.5 Å². The summed E-state index contributed by atoms with van der Waals surface area (Å²) in [7, 11) is 1.91. The third-order valence-electron chi connectivity index (χ3n) is 15.0. The van der Waals surface area contributed by atoms with Crippen LogP contribution in [0.4, 0.5) is 0 Å². The van der Waals surface area contributed by atoms with E-state index in [0.29, 0.717) is 45.8 Å². The van der Waals surface area contributed by atoms with Crippen LogP contribution in [-0.4, -0.2) is 111 Å². The molecule has 1 heterocycles. The summed E-state index contributed by atoms with van der Waals surface area (Å²) in [5.41, 5.74) is -0.472. The number of rotatable bonds is 51. The Morgan fingerprint density at radius 2 is 1.13 bits per heavy atom. The molecule has 0 aromatic carbocycles. The zero-order valence-electron chi connectivity index (χ0n) is 47.3. The van der Waals surface area contributed by atoms with Crippen molar-refractivity contribution in [1.82, 2.24) is 9.80 Å². The van der Waals surface area contributed by atoms with Crippen LogP contribution in [0.1, 0.15) is 279 Å². The normalized spacial score (nSPS) is 15.5. The van der Waals surface area contributed by atoms with E-state index in [1.54, 1.807) is 0 Å². The summed E-state index contributed by atoms with van der Waals surface area (Å²) in [6.07, 6.45) is 41.5. The minimum Gasteiger partial charge on any atom is -0.465 e. The van der Waals surface area contributed by atoms with Crippen molar-refractivity contribution >= 4 is 17.9 Å². The highest BCUT2D eigenvalue weighted by Gasteiger charge is 2.34. The van der Waals surface area contributed by atoms with Crippen LogP contribution in [0.3, 0.4) is 0 Å². The fraction of sp³-hybridized carbons (Fsp3) is 0.950. The number of carbonyl (C=O) groups excluding carboxylic acids is 3. The van der Waals surface area contributed by atoms with Crippen molar-refractivity contribution in [3.8, 4) is 0 Å². The molecule has 1 aliphatic heterocycles. The number of unbranched alkanes of at least 4 members (excludes halogenated alkanes) is 21. The minimum atomic E-state index is -0.472. The lowest BCUT2D eigenvalue weighted by Crippen LogP contribution is -2.34. The molecule has 1 unspecified atom stereocenters. The molecule has 1 rings (SSSR count). The van der Waals surface area contributed by atoms with Gasteiger partial charge in [0, 0.05) is 45.1 Å². The van der Waals surface area contributed by atoms with Crippen molar-refractivity contribution in [2.45, 2.75) is 297 Å². The van der Waals surface area contributed by atoms with Gasteiger partial charge in [-0.3, -0.25) is 19.3 Å². The molecule has 0 saturated carbocycles. The number of ether oxygens (including phenoxy) is 4. The maximum Gasteiger partial charge on any atom is 0.311 e. The molecule has 10 nitrogen and oxygen atoms in total. The van der Waals surface area contributed by atoms with Crippen molar-refractivity contribution in [1.29, 1.82) is 0 Å². The molecule has 70 heavy (non-hydrogen) atoms. The highest BCUT2D eigenvalue weighted by molar-refractivity contribution is 5.75. The number of nitrogens with zero attached hydrogens (tertiary/aromatic N) is 2. The highest BCUT2D eigenvalue weighted by Crippen LogP contribution is 2.28. The summed E-state index contributed by atoms with van der Waals surface area (Å²) in [6, 6.07) is 0.212. The molecule has 1 fully saturated rings. The SMILES string of the molecule is CCCCCCCCC(CCCCCCCC)OC(=O)CCCCCCCOCC1C[C@H](OC(=O)CCN(C)CCO)CN1CCCCCCC(C)(C)C(=O)OCCCC(CCCCC)CCCCC. The van der Waals surface area contributed by atoms with Crippen molar-refractivity contribution in [2.24, 2.45) is 11.3 Å². The topological polar surface area (TPSA) is 115 Å². The molecule has 0 aromatic rings. The third-order valence-corrected chi connectivity index (χ3v) is 15.0. The van der Waals surface area contributed by atoms with E-state index in [1.807, 2.05) is 25.8 Å². The van der Waals surface area contributed by atoms with Crippen molar-refractivity contribution in [2.75, 3.05) is 59.7 Å². The van der Waals surface area contributed by atoms with Crippen LogP contribution in [0, 0.1) is 11.3 Å². The first kappa shape index (κ1) is 66.3. The molecule has 0 aromatic heterocycles. The molecular formula is C60H116N2O8. The van der Waals surface area contributed by atoms with Gasteiger partial charge >= 0.3 is 17.9 Å². The summed E-state index contributed by atoms with van der Waals surface area (Å²) < 4.78 is 24.2. The van der Waals surface area contributed by atoms with Crippen LogP contribution >= 0.6 is 0 Å². The van der Waals surface area contributed by atoms with Gasteiger partial charge < -0.3 is 29.0 Å². The van der Waals surface area contributed by atoms with Gasteiger partial charge in [0.15, 0.2) is 0 Å². The average Bonchev–Trinajstić information content (AvgIpc) is 3.72. The van der Waals surface area contributed by atoms with E-state index < -0.39 is 5.41 Å². The summed E-state index contributed by atoms with van der Waals surface area (Å²) in [4.78, 5) is 43.2. The Kier molecular flexibility index (Phi) is 43.4. The first-order valence-electron chi connectivity index (χ1n) is 30.2. The number of likely N-dealkylation sites (tertiary alicyclic amines) is 1. The molecule has 0 spiro atoms. The molecule has 0 radical (unpaired) electrons.